The van der Waals surface area contributed by atoms with Gasteiger partial charge in [0.2, 0.25) is 6.19 Å². The summed E-state index contributed by atoms with van der Waals surface area (Å²) in [5.74, 6) is 0.749. The molecule has 4 rings (SSSR count). The van der Waals surface area contributed by atoms with Crippen LogP contribution in [0.2, 0.25) is 0 Å². The summed E-state index contributed by atoms with van der Waals surface area (Å²) >= 11 is 0. The fourth-order valence-corrected chi connectivity index (χ4v) is 3.77. The summed E-state index contributed by atoms with van der Waals surface area (Å²) in [6.45, 7) is 0.818. The van der Waals surface area contributed by atoms with E-state index in [0.717, 1.165) is 54.0 Å². The van der Waals surface area contributed by atoms with Crippen LogP contribution >= 0.6 is 0 Å². The lowest BCUT2D eigenvalue weighted by molar-refractivity contribution is 0.0636. The van der Waals surface area contributed by atoms with Gasteiger partial charge in [-0.3, -0.25) is 0 Å². The fourth-order valence-electron chi connectivity index (χ4n) is 3.77. The molecule has 134 valence electrons. The smallest absolute Gasteiger partial charge is 0.205 e. The molecule has 0 aromatic heterocycles. The molecular formula is C22H19N3O2. The van der Waals surface area contributed by atoms with Crippen LogP contribution in [0.5, 0.6) is 5.75 Å². The Balaban J connectivity index is 1.65. The molecule has 0 spiro atoms. The molecule has 0 aliphatic carbocycles. The highest BCUT2D eigenvalue weighted by molar-refractivity contribution is 6.05. The zero-order chi connectivity index (χ0) is 18.6. The van der Waals surface area contributed by atoms with Crippen LogP contribution in [-0.2, 0) is 4.74 Å². The molecule has 5 heteroatoms. The van der Waals surface area contributed by atoms with Crippen molar-refractivity contribution in [2.45, 2.75) is 37.9 Å². The van der Waals surface area contributed by atoms with Crippen LogP contribution in [0.25, 0.3) is 11.1 Å². The van der Waals surface area contributed by atoms with Crippen molar-refractivity contribution < 1.29 is 9.47 Å². The van der Waals surface area contributed by atoms with E-state index >= 15 is 0 Å². The molecule has 2 aromatic rings. The van der Waals surface area contributed by atoms with Crippen LogP contribution in [0.1, 0.15) is 36.8 Å². The normalized spacial score (nSPS) is 22.5. The zero-order valence-electron chi connectivity index (χ0n) is 14.9. The number of ether oxygens (including phenoxy) is 2. The molecular weight excluding hydrogens is 338 g/mol. The predicted molar refractivity (Wildman–Crippen MR) is 101 cm³/mol. The number of rotatable bonds is 3. The summed E-state index contributed by atoms with van der Waals surface area (Å²) < 4.78 is 11.9. The first kappa shape index (κ1) is 17.3. The molecule has 0 saturated carbocycles. The number of nitriles is 2. The standard InChI is InChI=1S/C22H19N3O2/c23-13-15-3-1-4-16(9-15)17-6-7-22-20(10-17)21(25-14-24)12-19(27-22)11-18-5-2-8-26-18/h1,3-4,6-7,9-10,18-19H,2,5,8,11-12H2. The SMILES string of the molecule is N#CN=C1CC(CC2CCCO2)Oc2ccc(-c3cccc(C#N)c3)cc21. The molecule has 0 N–H and O–H groups in total. The van der Waals surface area contributed by atoms with Gasteiger partial charge in [0.1, 0.15) is 11.9 Å². The minimum Gasteiger partial charge on any atom is -0.489 e. The third-order valence-electron chi connectivity index (χ3n) is 5.06. The second-order valence-electron chi connectivity index (χ2n) is 6.88. The van der Waals surface area contributed by atoms with Crippen molar-refractivity contribution in [1.82, 2.24) is 0 Å². The van der Waals surface area contributed by atoms with Crippen LogP contribution in [0.15, 0.2) is 47.5 Å². The van der Waals surface area contributed by atoms with E-state index in [-0.39, 0.29) is 12.2 Å². The lowest BCUT2D eigenvalue weighted by Crippen LogP contribution is -2.30. The van der Waals surface area contributed by atoms with Crippen molar-refractivity contribution in [1.29, 1.82) is 10.5 Å². The molecule has 27 heavy (non-hydrogen) atoms. The Labute approximate surface area is 158 Å². The first-order chi connectivity index (χ1) is 13.3. The molecule has 5 nitrogen and oxygen atoms in total. The van der Waals surface area contributed by atoms with Crippen molar-refractivity contribution in [3.63, 3.8) is 0 Å². The van der Waals surface area contributed by atoms with Gasteiger partial charge >= 0.3 is 0 Å². The van der Waals surface area contributed by atoms with Crippen molar-refractivity contribution in [2.24, 2.45) is 4.99 Å². The van der Waals surface area contributed by atoms with Gasteiger partial charge < -0.3 is 9.47 Å². The van der Waals surface area contributed by atoms with Crippen LogP contribution in [0, 0.1) is 22.8 Å². The van der Waals surface area contributed by atoms with Gasteiger partial charge in [-0.15, -0.1) is 0 Å². The lowest BCUT2D eigenvalue weighted by atomic mass is 9.93. The van der Waals surface area contributed by atoms with Gasteiger partial charge in [0.15, 0.2) is 0 Å². The number of nitrogens with zero attached hydrogens (tertiary/aromatic N) is 3. The second kappa shape index (κ2) is 7.61. The third-order valence-corrected chi connectivity index (χ3v) is 5.06. The minimum atomic E-state index is -0.0273. The summed E-state index contributed by atoms with van der Waals surface area (Å²) in [5.41, 5.74) is 4.14. The minimum absolute atomic E-state index is 0.0273. The van der Waals surface area contributed by atoms with Crippen LogP contribution in [0.3, 0.4) is 0 Å². The van der Waals surface area contributed by atoms with E-state index in [1.54, 1.807) is 6.07 Å². The highest BCUT2D eigenvalue weighted by atomic mass is 16.5. The lowest BCUT2D eigenvalue weighted by Gasteiger charge is -2.28. The average molecular weight is 357 g/mol. The largest absolute Gasteiger partial charge is 0.489 e. The van der Waals surface area contributed by atoms with Crippen LogP contribution in [-0.4, -0.2) is 24.5 Å². The van der Waals surface area contributed by atoms with Crippen molar-refractivity contribution >= 4 is 5.71 Å². The van der Waals surface area contributed by atoms with Crippen LogP contribution < -0.4 is 4.74 Å². The number of hydrogen-bond donors (Lipinski definition) is 0. The average Bonchev–Trinajstić information content (AvgIpc) is 3.21. The Kier molecular flexibility index (Phi) is 4.87. The Morgan fingerprint density at radius 3 is 2.74 bits per heavy atom. The molecule has 2 unspecified atom stereocenters. The van der Waals surface area contributed by atoms with E-state index in [4.69, 9.17) is 20.0 Å². The monoisotopic (exact) mass is 357 g/mol. The maximum atomic E-state index is 9.13. The van der Waals surface area contributed by atoms with Crippen molar-refractivity contribution in [2.75, 3.05) is 6.61 Å². The third kappa shape index (κ3) is 3.69. The summed E-state index contributed by atoms with van der Waals surface area (Å²) in [5, 5.41) is 18.3. The first-order valence-electron chi connectivity index (χ1n) is 9.15. The summed E-state index contributed by atoms with van der Waals surface area (Å²) in [6.07, 6.45) is 5.70. The Morgan fingerprint density at radius 1 is 1.07 bits per heavy atom. The van der Waals surface area contributed by atoms with E-state index in [1.807, 2.05) is 42.6 Å². The predicted octanol–water partition coefficient (Wildman–Crippen LogP) is 4.22. The van der Waals surface area contributed by atoms with Crippen molar-refractivity contribution in [3.05, 3.63) is 53.6 Å². The van der Waals surface area contributed by atoms with Gasteiger partial charge in [-0.1, -0.05) is 18.2 Å². The molecule has 2 aliphatic rings. The quantitative estimate of drug-likeness (QED) is 0.771. The molecule has 1 fully saturated rings. The fraction of sp³-hybridized carbons (Fsp3) is 0.318. The Hall–Kier alpha value is -3.15. The molecule has 2 aromatic carbocycles. The Bertz CT molecular complexity index is 962. The van der Waals surface area contributed by atoms with Crippen molar-refractivity contribution in [3.8, 4) is 29.1 Å². The van der Waals surface area contributed by atoms with Gasteiger partial charge in [-0.25, -0.2) is 0 Å². The van der Waals surface area contributed by atoms with E-state index < -0.39 is 0 Å². The zero-order valence-corrected chi connectivity index (χ0v) is 14.9. The molecule has 2 atom stereocenters. The molecule has 0 bridgehead atoms. The molecule has 0 amide bonds. The van der Waals surface area contributed by atoms with Gasteiger partial charge in [0.05, 0.1) is 23.4 Å². The summed E-state index contributed by atoms with van der Waals surface area (Å²) in [7, 11) is 0. The molecule has 0 radical (unpaired) electrons. The maximum Gasteiger partial charge on any atom is 0.205 e. The second-order valence-corrected chi connectivity index (χ2v) is 6.88. The van der Waals surface area contributed by atoms with E-state index in [0.29, 0.717) is 12.0 Å². The first-order valence-corrected chi connectivity index (χ1v) is 9.15. The van der Waals surface area contributed by atoms with Gasteiger partial charge in [0, 0.05) is 25.0 Å². The Morgan fingerprint density at radius 2 is 1.96 bits per heavy atom. The van der Waals surface area contributed by atoms with E-state index in [1.165, 1.54) is 0 Å². The summed E-state index contributed by atoms with van der Waals surface area (Å²) in [4.78, 5) is 4.07. The number of fused-ring (bicyclic) bond motifs is 1. The van der Waals surface area contributed by atoms with Crippen LogP contribution in [0.4, 0.5) is 0 Å². The number of aliphatic imine (C=N–C) groups is 1. The van der Waals surface area contributed by atoms with E-state index in [2.05, 4.69) is 11.1 Å². The van der Waals surface area contributed by atoms with E-state index in [9.17, 15) is 0 Å². The van der Waals surface area contributed by atoms with Gasteiger partial charge in [0.25, 0.3) is 0 Å². The topological polar surface area (TPSA) is 78.4 Å². The number of hydrogen-bond acceptors (Lipinski definition) is 5. The molecule has 2 aliphatic heterocycles. The highest BCUT2D eigenvalue weighted by Gasteiger charge is 2.29. The molecule has 1 saturated heterocycles. The number of benzene rings is 2. The maximum absolute atomic E-state index is 9.13. The van der Waals surface area contributed by atoms with Gasteiger partial charge in [-0.2, -0.15) is 15.5 Å². The molecule has 2 heterocycles. The summed E-state index contributed by atoms with van der Waals surface area (Å²) in [6, 6.07) is 15.5. The van der Waals surface area contributed by atoms with Gasteiger partial charge in [-0.05, 0) is 48.2 Å². The highest BCUT2D eigenvalue weighted by Crippen LogP contribution is 2.34.